The number of para-hydroxylation sites is 1. The number of nitro groups is 1. The second kappa shape index (κ2) is 6.75. The molecule has 1 aliphatic heterocycles. The van der Waals surface area contributed by atoms with Crippen LogP contribution in [0.1, 0.15) is 23.6 Å². The Balaban J connectivity index is 1.74. The standard InChI is InChI=1S/C15H13F2N5O3/c16-14(17)15-19-18-12-9-20(7-8-21(12)15)13(23)6-5-10-3-1-2-4-11(10)22(24)25/h1-6,14H,7-9H2. The minimum absolute atomic E-state index is 0.0553. The molecule has 2 aromatic rings. The van der Waals surface area contributed by atoms with Gasteiger partial charge in [-0.25, -0.2) is 8.78 Å². The Morgan fingerprint density at radius 1 is 1.28 bits per heavy atom. The maximum absolute atomic E-state index is 12.8. The van der Waals surface area contributed by atoms with Crippen molar-refractivity contribution in [2.75, 3.05) is 6.54 Å². The molecule has 0 N–H and O–H groups in total. The van der Waals surface area contributed by atoms with E-state index in [4.69, 9.17) is 0 Å². The van der Waals surface area contributed by atoms with Gasteiger partial charge in [0.1, 0.15) is 0 Å². The minimum atomic E-state index is -2.72. The fraction of sp³-hybridized carbons (Fsp3) is 0.267. The number of carbonyl (C=O) groups is 1. The maximum atomic E-state index is 12.8. The van der Waals surface area contributed by atoms with Gasteiger partial charge in [0.15, 0.2) is 11.6 Å². The first kappa shape index (κ1) is 16.7. The number of hydrogen-bond donors (Lipinski definition) is 0. The highest BCUT2D eigenvalue weighted by Gasteiger charge is 2.26. The first-order valence-electron chi connectivity index (χ1n) is 7.38. The number of aromatic nitrogens is 3. The number of amides is 1. The number of benzene rings is 1. The third-order valence-corrected chi connectivity index (χ3v) is 3.83. The zero-order valence-corrected chi connectivity index (χ0v) is 12.9. The van der Waals surface area contributed by atoms with E-state index in [9.17, 15) is 23.7 Å². The maximum Gasteiger partial charge on any atom is 0.297 e. The average molecular weight is 349 g/mol. The lowest BCUT2D eigenvalue weighted by Gasteiger charge is -2.26. The molecule has 0 bridgehead atoms. The molecule has 0 atom stereocenters. The van der Waals surface area contributed by atoms with Gasteiger partial charge in [-0.2, -0.15) is 0 Å². The van der Waals surface area contributed by atoms with Gasteiger partial charge in [0.25, 0.3) is 12.1 Å². The number of alkyl halides is 2. The van der Waals surface area contributed by atoms with E-state index >= 15 is 0 Å². The van der Waals surface area contributed by atoms with Gasteiger partial charge in [-0.05, 0) is 12.1 Å². The summed E-state index contributed by atoms with van der Waals surface area (Å²) in [5.41, 5.74) is 0.201. The van der Waals surface area contributed by atoms with Gasteiger partial charge in [-0.1, -0.05) is 12.1 Å². The number of nitrogens with zero attached hydrogens (tertiary/aromatic N) is 5. The molecule has 0 saturated carbocycles. The van der Waals surface area contributed by atoms with E-state index in [1.54, 1.807) is 6.07 Å². The van der Waals surface area contributed by atoms with Gasteiger partial charge < -0.3 is 9.47 Å². The Labute approximate surface area is 140 Å². The molecule has 1 aromatic heterocycles. The highest BCUT2D eigenvalue weighted by atomic mass is 19.3. The summed E-state index contributed by atoms with van der Waals surface area (Å²) in [6, 6.07) is 6.05. The second-order valence-corrected chi connectivity index (χ2v) is 5.34. The normalized spacial score (nSPS) is 14.1. The van der Waals surface area contributed by atoms with Crippen molar-refractivity contribution in [1.82, 2.24) is 19.7 Å². The Bertz CT molecular complexity index is 849. The monoisotopic (exact) mass is 349 g/mol. The fourth-order valence-corrected chi connectivity index (χ4v) is 2.59. The molecular formula is C15H13F2N5O3. The zero-order valence-electron chi connectivity index (χ0n) is 12.9. The van der Waals surface area contributed by atoms with Crippen molar-refractivity contribution >= 4 is 17.7 Å². The van der Waals surface area contributed by atoms with E-state index in [0.29, 0.717) is 5.56 Å². The number of rotatable bonds is 4. The van der Waals surface area contributed by atoms with E-state index in [1.165, 1.54) is 39.8 Å². The molecule has 0 fully saturated rings. The molecule has 0 radical (unpaired) electrons. The first-order chi connectivity index (χ1) is 12.0. The molecule has 3 rings (SSSR count). The van der Waals surface area contributed by atoms with Crippen LogP contribution in [0.15, 0.2) is 30.3 Å². The summed E-state index contributed by atoms with van der Waals surface area (Å²) in [7, 11) is 0. The number of carbonyl (C=O) groups excluding carboxylic acids is 1. The van der Waals surface area contributed by atoms with Crippen molar-refractivity contribution < 1.29 is 18.5 Å². The Morgan fingerprint density at radius 2 is 2.04 bits per heavy atom. The van der Waals surface area contributed by atoms with E-state index in [2.05, 4.69) is 10.2 Å². The van der Waals surface area contributed by atoms with Gasteiger partial charge in [0.05, 0.1) is 17.0 Å². The molecule has 0 spiro atoms. The lowest BCUT2D eigenvalue weighted by molar-refractivity contribution is -0.385. The number of fused-ring (bicyclic) bond motifs is 1. The van der Waals surface area contributed by atoms with Gasteiger partial charge in [0.2, 0.25) is 5.91 Å². The third-order valence-electron chi connectivity index (χ3n) is 3.83. The fourth-order valence-electron chi connectivity index (χ4n) is 2.59. The predicted molar refractivity (Wildman–Crippen MR) is 82.5 cm³/mol. The molecule has 8 nitrogen and oxygen atoms in total. The Hall–Kier alpha value is -3.17. The molecule has 0 unspecified atom stereocenters. The predicted octanol–water partition coefficient (Wildman–Crippen LogP) is 2.18. The molecule has 130 valence electrons. The topological polar surface area (TPSA) is 94.2 Å². The molecule has 1 aromatic carbocycles. The van der Waals surface area contributed by atoms with Crippen LogP contribution in [0.2, 0.25) is 0 Å². The highest BCUT2D eigenvalue weighted by molar-refractivity contribution is 5.92. The van der Waals surface area contributed by atoms with Crippen LogP contribution in [0.25, 0.3) is 6.08 Å². The molecule has 1 amide bonds. The largest absolute Gasteiger partial charge is 0.330 e. The van der Waals surface area contributed by atoms with E-state index in [1.807, 2.05) is 0 Å². The van der Waals surface area contributed by atoms with Gasteiger partial charge in [0, 0.05) is 25.2 Å². The second-order valence-electron chi connectivity index (χ2n) is 5.34. The van der Waals surface area contributed by atoms with Crippen LogP contribution in [-0.2, 0) is 17.9 Å². The summed E-state index contributed by atoms with van der Waals surface area (Å²) >= 11 is 0. The number of hydrogen-bond acceptors (Lipinski definition) is 5. The lowest BCUT2D eigenvalue weighted by atomic mass is 10.1. The minimum Gasteiger partial charge on any atom is -0.330 e. The first-order valence-corrected chi connectivity index (χ1v) is 7.38. The molecule has 25 heavy (non-hydrogen) atoms. The summed E-state index contributed by atoms with van der Waals surface area (Å²) < 4.78 is 26.9. The van der Waals surface area contributed by atoms with Crippen LogP contribution >= 0.6 is 0 Å². The summed E-state index contributed by atoms with van der Waals surface area (Å²) in [5.74, 6) is -0.502. The van der Waals surface area contributed by atoms with Crippen molar-refractivity contribution in [3.63, 3.8) is 0 Å². The van der Waals surface area contributed by atoms with Gasteiger partial charge >= 0.3 is 0 Å². The average Bonchev–Trinajstić information content (AvgIpc) is 3.03. The van der Waals surface area contributed by atoms with E-state index in [0.717, 1.165) is 0 Å². The van der Waals surface area contributed by atoms with Crippen LogP contribution in [0.4, 0.5) is 14.5 Å². The van der Waals surface area contributed by atoms with Crippen LogP contribution in [0.5, 0.6) is 0 Å². The molecule has 0 aliphatic carbocycles. The molecule has 2 heterocycles. The SMILES string of the molecule is O=C(C=Cc1ccccc1[N+](=O)[O-])N1CCn2c(nnc2C(F)F)C1. The van der Waals surface area contributed by atoms with Crippen molar-refractivity contribution in [3.8, 4) is 0 Å². The van der Waals surface area contributed by atoms with Gasteiger partial charge in [-0.3, -0.25) is 14.9 Å². The van der Waals surface area contributed by atoms with Gasteiger partial charge in [-0.15, -0.1) is 10.2 Å². The number of halogens is 2. The van der Waals surface area contributed by atoms with E-state index < -0.39 is 17.2 Å². The van der Waals surface area contributed by atoms with Crippen LogP contribution in [0, 0.1) is 10.1 Å². The summed E-state index contributed by atoms with van der Waals surface area (Å²) in [5, 5.41) is 18.1. The summed E-state index contributed by atoms with van der Waals surface area (Å²) in [6.07, 6.45) is -0.130. The molecule has 10 heteroatoms. The molecule has 0 saturated heterocycles. The van der Waals surface area contributed by atoms with Crippen molar-refractivity contribution in [3.05, 3.63) is 57.7 Å². The Morgan fingerprint density at radius 3 is 2.76 bits per heavy atom. The van der Waals surface area contributed by atoms with Crippen molar-refractivity contribution in [1.29, 1.82) is 0 Å². The highest BCUT2D eigenvalue weighted by Crippen LogP contribution is 2.22. The summed E-state index contributed by atoms with van der Waals surface area (Å²) in [6.45, 7) is 0.456. The van der Waals surface area contributed by atoms with Crippen LogP contribution < -0.4 is 0 Å². The van der Waals surface area contributed by atoms with E-state index in [-0.39, 0.29) is 37.1 Å². The molecule has 1 aliphatic rings. The van der Waals surface area contributed by atoms with Crippen LogP contribution in [0.3, 0.4) is 0 Å². The lowest BCUT2D eigenvalue weighted by Crippen LogP contribution is -2.37. The van der Waals surface area contributed by atoms with Crippen molar-refractivity contribution in [2.24, 2.45) is 0 Å². The summed E-state index contributed by atoms with van der Waals surface area (Å²) in [4.78, 5) is 24.1. The van der Waals surface area contributed by atoms with Crippen LogP contribution in [-0.4, -0.2) is 37.0 Å². The number of nitro benzene ring substituents is 1. The quantitative estimate of drug-likeness (QED) is 0.479. The Kier molecular flexibility index (Phi) is 4.50. The smallest absolute Gasteiger partial charge is 0.297 e. The third kappa shape index (κ3) is 3.37. The van der Waals surface area contributed by atoms with Crippen molar-refractivity contribution in [2.45, 2.75) is 19.5 Å². The molecular weight excluding hydrogens is 336 g/mol. The zero-order chi connectivity index (χ0) is 18.0.